The molecule has 112 valence electrons. The smallest absolute Gasteiger partial charge is 0.161 e. The van der Waals surface area contributed by atoms with Crippen LogP contribution >= 0.6 is 11.3 Å². The van der Waals surface area contributed by atoms with Crippen molar-refractivity contribution in [3.63, 3.8) is 0 Å². The van der Waals surface area contributed by atoms with Crippen LogP contribution in [-0.2, 0) is 6.54 Å². The van der Waals surface area contributed by atoms with Crippen LogP contribution in [0.5, 0.6) is 11.5 Å². The Morgan fingerprint density at radius 3 is 2.81 bits per heavy atom. The molecule has 0 radical (unpaired) electrons. The first kappa shape index (κ1) is 14.4. The van der Waals surface area contributed by atoms with Crippen LogP contribution < -0.4 is 14.8 Å². The number of thiophene rings is 1. The lowest BCUT2D eigenvalue weighted by molar-refractivity contribution is 0.163. The molecule has 21 heavy (non-hydrogen) atoms. The van der Waals surface area contributed by atoms with Crippen LogP contribution in [0.15, 0.2) is 29.0 Å². The van der Waals surface area contributed by atoms with E-state index in [1.807, 2.05) is 18.2 Å². The number of nitrogens with one attached hydrogen (secondary N) is 1. The van der Waals surface area contributed by atoms with Crippen LogP contribution in [0.3, 0.4) is 0 Å². The summed E-state index contributed by atoms with van der Waals surface area (Å²) in [7, 11) is 0. The predicted octanol–water partition coefficient (Wildman–Crippen LogP) is 2.65. The Hall–Kier alpha value is -1.56. The Morgan fingerprint density at radius 1 is 1.24 bits per heavy atom. The molecule has 0 bridgehead atoms. The number of aliphatic hydroxyl groups is 1. The SMILES string of the molecule is Cc1cscc1CNCC(O)c1ccc2c(c1)OCCO2. The number of aryl methyl sites for hydroxylation is 1. The molecule has 0 amide bonds. The van der Waals surface area contributed by atoms with E-state index in [-0.39, 0.29) is 0 Å². The van der Waals surface area contributed by atoms with Gasteiger partial charge in [-0.3, -0.25) is 0 Å². The van der Waals surface area contributed by atoms with Crippen molar-refractivity contribution in [2.24, 2.45) is 0 Å². The van der Waals surface area contributed by atoms with E-state index in [1.165, 1.54) is 11.1 Å². The van der Waals surface area contributed by atoms with Crippen LogP contribution in [0.1, 0.15) is 22.8 Å². The van der Waals surface area contributed by atoms with Crippen LogP contribution in [0.25, 0.3) is 0 Å². The van der Waals surface area contributed by atoms with Crippen molar-refractivity contribution in [2.45, 2.75) is 19.6 Å². The summed E-state index contributed by atoms with van der Waals surface area (Å²) in [6, 6.07) is 5.60. The lowest BCUT2D eigenvalue weighted by Gasteiger charge is -2.20. The normalized spacial score (nSPS) is 15.0. The van der Waals surface area contributed by atoms with Gasteiger partial charge in [0, 0.05) is 13.1 Å². The van der Waals surface area contributed by atoms with E-state index < -0.39 is 6.10 Å². The second-order valence-corrected chi connectivity index (χ2v) is 5.87. The molecule has 0 fully saturated rings. The van der Waals surface area contributed by atoms with Crippen molar-refractivity contribution in [3.8, 4) is 11.5 Å². The van der Waals surface area contributed by atoms with Gasteiger partial charge in [-0.25, -0.2) is 0 Å². The molecule has 2 N–H and O–H groups in total. The van der Waals surface area contributed by atoms with E-state index >= 15 is 0 Å². The van der Waals surface area contributed by atoms with Crippen LogP contribution in [0.2, 0.25) is 0 Å². The maximum atomic E-state index is 10.3. The monoisotopic (exact) mass is 305 g/mol. The molecule has 0 saturated carbocycles. The zero-order valence-corrected chi connectivity index (χ0v) is 12.8. The minimum absolute atomic E-state index is 0.509. The summed E-state index contributed by atoms with van der Waals surface area (Å²) in [6.45, 7) is 4.52. The van der Waals surface area contributed by atoms with Crippen molar-refractivity contribution >= 4 is 11.3 Å². The molecule has 2 aromatic rings. The van der Waals surface area contributed by atoms with E-state index in [4.69, 9.17) is 9.47 Å². The molecule has 1 aromatic heterocycles. The Labute approximate surface area is 128 Å². The highest BCUT2D eigenvalue weighted by Gasteiger charge is 2.15. The Kier molecular flexibility index (Phi) is 4.43. The summed E-state index contributed by atoms with van der Waals surface area (Å²) in [5, 5.41) is 17.8. The van der Waals surface area contributed by atoms with Gasteiger partial charge in [0.05, 0.1) is 6.10 Å². The van der Waals surface area contributed by atoms with E-state index in [0.717, 1.165) is 17.9 Å². The van der Waals surface area contributed by atoms with Crippen LogP contribution in [0.4, 0.5) is 0 Å². The Bertz CT molecular complexity index is 611. The lowest BCUT2D eigenvalue weighted by Crippen LogP contribution is -2.21. The van der Waals surface area contributed by atoms with Crippen LogP contribution in [-0.4, -0.2) is 24.9 Å². The van der Waals surface area contributed by atoms with Gasteiger partial charge in [0.2, 0.25) is 0 Å². The average Bonchev–Trinajstić information content (AvgIpc) is 2.92. The van der Waals surface area contributed by atoms with E-state index in [0.29, 0.717) is 25.5 Å². The minimum Gasteiger partial charge on any atom is -0.486 e. The zero-order chi connectivity index (χ0) is 14.7. The first-order valence-corrected chi connectivity index (χ1v) is 7.98. The number of hydrogen-bond donors (Lipinski definition) is 2. The van der Waals surface area contributed by atoms with E-state index in [1.54, 1.807) is 11.3 Å². The largest absolute Gasteiger partial charge is 0.486 e. The van der Waals surface area contributed by atoms with Gasteiger partial charge < -0.3 is 19.9 Å². The number of ether oxygens (including phenoxy) is 2. The van der Waals surface area contributed by atoms with Gasteiger partial charge in [-0.2, -0.15) is 11.3 Å². The number of fused-ring (bicyclic) bond motifs is 1. The highest BCUT2D eigenvalue weighted by Crippen LogP contribution is 2.32. The first-order chi connectivity index (χ1) is 10.2. The number of hydrogen-bond acceptors (Lipinski definition) is 5. The van der Waals surface area contributed by atoms with Gasteiger partial charge in [0.25, 0.3) is 0 Å². The van der Waals surface area contributed by atoms with Crippen molar-refractivity contribution in [2.75, 3.05) is 19.8 Å². The molecule has 0 spiro atoms. The third kappa shape index (κ3) is 3.37. The Balaban J connectivity index is 1.58. The molecular formula is C16H19NO3S. The van der Waals surface area contributed by atoms with Crippen molar-refractivity contribution < 1.29 is 14.6 Å². The molecule has 5 heteroatoms. The minimum atomic E-state index is -0.556. The molecule has 4 nitrogen and oxygen atoms in total. The number of aliphatic hydroxyl groups excluding tert-OH is 1. The van der Waals surface area contributed by atoms with E-state index in [9.17, 15) is 5.11 Å². The summed E-state index contributed by atoms with van der Waals surface area (Å²) in [5.41, 5.74) is 3.42. The molecule has 1 atom stereocenters. The fourth-order valence-corrected chi connectivity index (χ4v) is 3.15. The summed E-state index contributed by atoms with van der Waals surface area (Å²) >= 11 is 1.70. The molecule has 0 aliphatic carbocycles. The van der Waals surface area contributed by atoms with Crippen molar-refractivity contribution in [3.05, 3.63) is 45.6 Å². The second-order valence-electron chi connectivity index (χ2n) is 5.13. The lowest BCUT2D eigenvalue weighted by atomic mass is 10.1. The quantitative estimate of drug-likeness (QED) is 0.891. The van der Waals surface area contributed by atoms with E-state index in [2.05, 4.69) is 23.0 Å². The zero-order valence-electron chi connectivity index (χ0n) is 12.0. The number of rotatable bonds is 5. The van der Waals surface area contributed by atoms with Crippen LogP contribution in [0, 0.1) is 6.92 Å². The predicted molar refractivity (Wildman–Crippen MR) is 83.2 cm³/mol. The number of benzene rings is 1. The summed E-state index contributed by atoms with van der Waals surface area (Å²) in [5.74, 6) is 1.46. The molecular weight excluding hydrogens is 286 g/mol. The summed E-state index contributed by atoms with van der Waals surface area (Å²) in [6.07, 6.45) is -0.556. The first-order valence-electron chi connectivity index (χ1n) is 7.04. The van der Waals surface area contributed by atoms with Crippen molar-refractivity contribution in [1.29, 1.82) is 0 Å². The van der Waals surface area contributed by atoms with Crippen molar-refractivity contribution in [1.82, 2.24) is 5.32 Å². The maximum absolute atomic E-state index is 10.3. The molecule has 3 rings (SSSR count). The standard InChI is InChI=1S/C16H19NO3S/c1-11-9-21-10-13(11)7-17-8-14(18)12-2-3-15-16(6-12)20-5-4-19-15/h2-3,6,9-10,14,17-18H,4-5,7-8H2,1H3. The maximum Gasteiger partial charge on any atom is 0.161 e. The summed E-state index contributed by atoms with van der Waals surface area (Å²) in [4.78, 5) is 0. The Morgan fingerprint density at radius 2 is 2.05 bits per heavy atom. The molecule has 1 aromatic carbocycles. The summed E-state index contributed by atoms with van der Waals surface area (Å²) < 4.78 is 11.0. The fourth-order valence-electron chi connectivity index (χ4n) is 2.30. The third-order valence-electron chi connectivity index (χ3n) is 3.57. The molecule has 1 unspecified atom stereocenters. The van der Waals surface area contributed by atoms with Gasteiger partial charge in [-0.1, -0.05) is 6.07 Å². The topological polar surface area (TPSA) is 50.7 Å². The molecule has 2 heterocycles. The fraction of sp³-hybridized carbons (Fsp3) is 0.375. The highest BCUT2D eigenvalue weighted by atomic mass is 32.1. The molecule has 1 aliphatic heterocycles. The molecule has 1 aliphatic rings. The highest BCUT2D eigenvalue weighted by molar-refractivity contribution is 7.08. The van der Waals surface area contributed by atoms with Gasteiger partial charge in [0.1, 0.15) is 13.2 Å². The average molecular weight is 305 g/mol. The second kappa shape index (κ2) is 6.47. The third-order valence-corrected chi connectivity index (χ3v) is 4.48. The molecule has 0 saturated heterocycles. The van der Waals surface area contributed by atoms with Gasteiger partial charge >= 0.3 is 0 Å². The van der Waals surface area contributed by atoms with Gasteiger partial charge in [0.15, 0.2) is 11.5 Å². The van der Waals surface area contributed by atoms with Gasteiger partial charge in [-0.05, 0) is 46.5 Å². The van der Waals surface area contributed by atoms with Gasteiger partial charge in [-0.15, -0.1) is 0 Å².